The topological polar surface area (TPSA) is 21.3 Å². The summed E-state index contributed by atoms with van der Waals surface area (Å²) >= 11 is 0. The maximum Gasteiger partial charge on any atom is 0.0687 e. The fourth-order valence-electron chi connectivity index (χ4n) is 1.71. The van der Waals surface area contributed by atoms with E-state index in [0.29, 0.717) is 6.04 Å². The third-order valence-corrected chi connectivity index (χ3v) is 2.46. The summed E-state index contributed by atoms with van der Waals surface area (Å²) in [6, 6.07) is 0.624. The van der Waals surface area contributed by atoms with Gasteiger partial charge in [-0.1, -0.05) is 12.8 Å². The zero-order valence-corrected chi connectivity index (χ0v) is 8.76. The molecule has 1 aliphatic heterocycles. The highest BCUT2D eigenvalue weighted by Gasteiger charge is 2.32. The summed E-state index contributed by atoms with van der Waals surface area (Å²) in [6.07, 6.45) is 7.40. The lowest BCUT2D eigenvalue weighted by atomic mass is 10.0. The minimum Gasteiger partial charge on any atom is -0.374 e. The van der Waals surface area contributed by atoms with Crippen molar-refractivity contribution in [1.82, 2.24) is 5.32 Å². The molecule has 0 aromatic heterocycles. The summed E-state index contributed by atoms with van der Waals surface area (Å²) in [5.74, 6) is 2.74. The minimum atomic E-state index is 0.0184. The van der Waals surface area contributed by atoms with Crippen LogP contribution in [0.1, 0.15) is 33.6 Å². The van der Waals surface area contributed by atoms with Gasteiger partial charge in [0.25, 0.3) is 0 Å². The fraction of sp³-hybridized carbons (Fsp3) is 0.818. The quantitative estimate of drug-likeness (QED) is 0.667. The Morgan fingerprint density at radius 1 is 1.69 bits per heavy atom. The maximum atomic E-state index is 5.61. The van der Waals surface area contributed by atoms with Crippen molar-refractivity contribution in [2.24, 2.45) is 0 Å². The van der Waals surface area contributed by atoms with E-state index in [1.165, 1.54) is 0 Å². The second-order valence-corrected chi connectivity index (χ2v) is 4.27. The van der Waals surface area contributed by atoms with E-state index in [0.717, 1.165) is 19.4 Å². The van der Waals surface area contributed by atoms with Crippen LogP contribution in [-0.2, 0) is 4.74 Å². The summed E-state index contributed by atoms with van der Waals surface area (Å²) < 4.78 is 5.61. The molecule has 0 spiro atoms. The highest BCUT2D eigenvalue weighted by molar-refractivity contribution is 5.00. The van der Waals surface area contributed by atoms with Crippen LogP contribution >= 0.6 is 0 Å². The zero-order valence-electron chi connectivity index (χ0n) is 8.76. The molecule has 0 radical (unpaired) electrons. The van der Waals surface area contributed by atoms with Gasteiger partial charge in [-0.05, 0) is 26.7 Å². The van der Waals surface area contributed by atoms with Crippen LogP contribution in [0, 0.1) is 12.3 Å². The first kappa shape index (κ1) is 10.6. The van der Waals surface area contributed by atoms with E-state index in [2.05, 4.69) is 32.0 Å². The van der Waals surface area contributed by atoms with Crippen LogP contribution in [0.4, 0.5) is 0 Å². The lowest BCUT2D eigenvalue weighted by molar-refractivity contribution is 0.0356. The molecule has 1 saturated heterocycles. The molecule has 0 amide bonds. The average Bonchev–Trinajstić information content (AvgIpc) is 2.41. The largest absolute Gasteiger partial charge is 0.374 e. The summed E-state index contributed by atoms with van der Waals surface area (Å²) in [7, 11) is 0. The Bertz CT molecular complexity index is 205. The van der Waals surface area contributed by atoms with E-state index in [-0.39, 0.29) is 11.6 Å². The van der Waals surface area contributed by atoms with Crippen LogP contribution in [0.3, 0.4) is 0 Å². The number of ether oxygens (including phenoxy) is 1. The lowest BCUT2D eigenvalue weighted by Gasteiger charge is -2.18. The standard InChI is InChI=1S/C11H19NO/c1-5-9(6-2)12-10-7-11(3,4)13-8-10/h1,9-10,12H,6-8H2,2-4H3. The Morgan fingerprint density at radius 2 is 2.38 bits per heavy atom. The molecule has 1 fully saturated rings. The van der Waals surface area contributed by atoms with Gasteiger partial charge >= 0.3 is 0 Å². The minimum absolute atomic E-state index is 0.0184. The summed E-state index contributed by atoms with van der Waals surface area (Å²) in [4.78, 5) is 0. The third kappa shape index (κ3) is 3.02. The highest BCUT2D eigenvalue weighted by Crippen LogP contribution is 2.24. The summed E-state index contributed by atoms with van der Waals surface area (Å²) in [6.45, 7) is 7.11. The Balaban J connectivity index is 2.36. The normalized spacial score (nSPS) is 28.3. The van der Waals surface area contributed by atoms with Crippen molar-refractivity contribution in [2.45, 2.75) is 51.3 Å². The van der Waals surface area contributed by atoms with E-state index in [1.807, 2.05) is 0 Å². The first-order valence-electron chi connectivity index (χ1n) is 4.93. The third-order valence-electron chi connectivity index (χ3n) is 2.46. The van der Waals surface area contributed by atoms with Gasteiger partial charge in [-0.25, -0.2) is 0 Å². The second-order valence-electron chi connectivity index (χ2n) is 4.27. The molecule has 1 heterocycles. The molecule has 2 nitrogen and oxygen atoms in total. The molecule has 2 heteroatoms. The van der Waals surface area contributed by atoms with Crippen LogP contribution in [0.25, 0.3) is 0 Å². The zero-order chi connectivity index (χ0) is 9.90. The molecule has 13 heavy (non-hydrogen) atoms. The van der Waals surface area contributed by atoms with Crippen LogP contribution in [0.2, 0.25) is 0 Å². The summed E-state index contributed by atoms with van der Waals surface area (Å²) in [5, 5.41) is 3.41. The van der Waals surface area contributed by atoms with Gasteiger partial charge < -0.3 is 4.74 Å². The van der Waals surface area contributed by atoms with Crippen molar-refractivity contribution < 1.29 is 4.74 Å². The molecule has 1 rings (SSSR count). The molecule has 0 bridgehead atoms. The molecular weight excluding hydrogens is 162 g/mol. The smallest absolute Gasteiger partial charge is 0.0687 e. The van der Waals surface area contributed by atoms with Gasteiger partial charge in [0.05, 0.1) is 18.2 Å². The molecule has 0 aliphatic carbocycles. The van der Waals surface area contributed by atoms with E-state index < -0.39 is 0 Å². The maximum absolute atomic E-state index is 5.61. The molecule has 1 N–H and O–H groups in total. The average molecular weight is 181 g/mol. The van der Waals surface area contributed by atoms with Crippen molar-refractivity contribution in [1.29, 1.82) is 0 Å². The Kier molecular flexibility index (Phi) is 3.35. The molecule has 74 valence electrons. The lowest BCUT2D eigenvalue weighted by Crippen LogP contribution is -2.38. The molecule has 0 aromatic carbocycles. The van der Waals surface area contributed by atoms with Crippen LogP contribution in [-0.4, -0.2) is 24.3 Å². The van der Waals surface area contributed by atoms with Crippen molar-refractivity contribution in [3.63, 3.8) is 0 Å². The first-order valence-corrected chi connectivity index (χ1v) is 4.93. The van der Waals surface area contributed by atoms with Crippen LogP contribution < -0.4 is 5.32 Å². The van der Waals surface area contributed by atoms with E-state index in [4.69, 9.17) is 11.2 Å². The van der Waals surface area contributed by atoms with E-state index >= 15 is 0 Å². The molecule has 0 aromatic rings. The SMILES string of the molecule is C#CC(CC)NC1COC(C)(C)C1. The fourth-order valence-corrected chi connectivity index (χ4v) is 1.71. The van der Waals surface area contributed by atoms with Gasteiger partial charge in [-0.15, -0.1) is 6.42 Å². The number of terminal acetylenes is 1. The Hall–Kier alpha value is -0.520. The Morgan fingerprint density at radius 3 is 2.77 bits per heavy atom. The van der Waals surface area contributed by atoms with Gasteiger partial charge in [0.1, 0.15) is 0 Å². The molecule has 0 saturated carbocycles. The predicted molar refractivity (Wildman–Crippen MR) is 54.5 cm³/mol. The molecule has 2 unspecified atom stereocenters. The monoisotopic (exact) mass is 181 g/mol. The van der Waals surface area contributed by atoms with Crippen molar-refractivity contribution >= 4 is 0 Å². The second kappa shape index (κ2) is 4.13. The molecule has 1 aliphatic rings. The van der Waals surface area contributed by atoms with E-state index in [9.17, 15) is 0 Å². The van der Waals surface area contributed by atoms with Gasteiger partial charge in [0, 0.05) is 6.04 Å². The highest BCUT2D eigenvalue weighted by atomic mass is 16.5. The number of hydrogen-bond donors (Lipinski definition) is 1. The van der Waals surface area contributed by atoms with Crippen molar-refractivity contribution in [2.75, 3.05) is 6.61 Å². The number of hydrogen-bond acceptors (Lipinski definition) is 2. The van der Waals surface area contributed by atoms with Gasteiger partial charge in [-0.2, -0.15) is 0 Å². The van der Waals surface area contributed by atoms with Gasteiger partial charge in [0.2, 0.25) is 0 Å². The first-order chi connectivity index (χ1) is 6.07. The number of rotatable bonds is 3. The van der Waals surface area contributed by atoms with Crippen LogP contribution in [0.15, 0.2) is 0 Å². The predicted octanol–water partition coefficient (Wildman–Crippen LogP) is 1.56. The van der Waals surface area contributed by atoms with Gasteiger partial charge in [0.15, 0.2) is 0 Å². The van der Waals surface area contributed by atoms with Crippen molar-refractivity contribution in [3.8, 4) is 12.3 Å². The number of nitrogens with one attached hydrogen (secondary N) is 1. The van der Waals surface area contributed by atoms with Gasteiger partial charge in [-0.3, -0.25) is 5.32 Å². The van der Waals surface area contributed by atoms with Crippen molar-refractivity contribution in [3.05, 3.63) is 0 Å². The van der Waals surface area contributed by atoms with Crippen LogP contribution in [0.5, 0.6) is 0 Å². The Labute approximate surface area is 81.0 Å². The van der Waals surface area contributed by atoms with E-state index in [1.54, 1.807) is 0 Å². The summed E-state index contributed by atoms with van der Waals surface area (Å²) in [5.41, 5.74) is 0.0184. The molecule has 2 atom stereocenters. The molecular formula is C11H19NO.